The van der Waals surface area contributed by atoms with Crippen molar-refractivity contribution in [3.63, 3.8) is 0 Å². The van der Waals surface area contributed by atoms with Gasteiger partial charge in [-0.25, -0.2) is 4.57 Å². The molecule has 0 fully saturated rings. The molecule has 1 aromatic heterocycles. The van der Waals surface area contributed by atoms with Gasteiger partial charge in [-0.15, -0.1) is 0 Å². The molecule has 0 amide bonds. The van der Waals surface area contributed by atoms with Gasteiger partial charge in [0, 0.05) is 18.6 Å². The van der Waals surface area contributed by atoms with E-state index in [4.69, 9.17) is 5.26 Å². The first-order valence-electron chi connectivity index (χ1n) is 6.76. The fraction of sp³-hybridized carbons (Fsp3) is 0.600. The van der Waals surface area contributed by atoms with E-state index < -0.39 is 0 Å². The van der Waals surface area contributed by atoms with Crippen LogP contribution in [0.5, 0.6) is 0 Å². The fourth-order valence-corrected chi connectivity index (χ4v) is 1.93. The summed E-state index contributed by atoms with van der Waals surface area (Å²) in [6, 6.07) is 5.89. The van der Waals surface area contributed by atoms with Crippen molar-refractivity contribution in [3.05, 3.63) is 30.1 Å². The van der Waals surface area contributed by atoms with Crippen molar-refractivity contribution in [2.24, 2.45) is 0 Å². The van der Waals surface area contributed by atoms with E-state index in [1.165, 1.54) is 44.9 Å². The largest absolute Gasteiger partial charge is 0.205 e. The van der Waals surface area contributed by atoms with Crippen molar-refractivity contribution < 1.29 is 4.57 Å². The number of rotatable bonds is 8. The van der Waals surface area contributed by atoms with Gasteiger partial charge in [-0.3, -0.25) is 0 Å². The van der Waals surface area contributed by atoms with Crippen LogP contribution in [0.4, 0.5) is 0 Å². The Morgan fingerprint density at radius 1 is 1.00 bits per heavy atom. The molecule has 0 saturated carbocycles. The highest BCUT2D eigenvalue weighted by molar-refractivity contribution is 5.23. The van der Waals surface area contributed by atoms with Crippen LogP contribution in [0.15, 0.2) is 24.5 Å². The average molecular weight is 231 g/mol. The number of nitrogens with zero attached hydrogens (tertiary/aromatic N) is 2. The molecular formula is C15H23N2+. The van der Waals surface area contributed by atoms with E-state index >= 15 is 0 Å². The number of hydrogen-bond donors (Lipinski definition) is 0. The molecule has 0 bridgehead atoms. The third-order valence-corrected chi connectivity index (χ3v) is 3.04. The Morgan fingerprint density at radius 2 is 1.59 bits per heavy atom. The Balaban J connectivity index is 2.08. The molecule has 0 saturated heterocycles. The van der Waals surface area contributed by atoms with Crippen molar-refractivity contribution in [2.75, 3.05) is 0 Å². The molecule has 0 aliphatic carbocycles. The van der Waals surface area contributed by atoms with E-state index in [1.807, 2.05) is 24.5 Å². The van der Waals surface area contributed by atoms with Crippen molar-refractivity contribution >= 4 is 0 Å². The molecule has 1 heterocycles. The first kappa shape index (κ1) is 13.7. The van der Waals surface area contributed by atoms with Gasteiger partial charge in [0.15, 0.2) is 12.4 Å². The van der Waals surface area contributed by atoms with Crippen LogP contribution in [0.25, 0.3) is 0 Å². The molecule has 2 nitrogen and oxygen atoms in total. The highest BCUT2D eigenvalue weighted by atomic mass is 14.9. The van der Waals surface area contributed by atoms with Crippen molar-refractivity contribution in [1.82, 2.24) is 0 Å². The second-order valence-electron chi connectivity index (χ2n) is 4.56. The van der Waals surface area contributed by atoms with Crippen LogP contribution in [0.1, 0.15) is 57.4 Å². The SMILES string of the molecule is CCCCCCCCC[n+]1ccc(C#N)cc1. The molecule has 0 atom stereocenters. The molecule has 0 N–H and O–H groups in total. The molecule has 0 aliphatic rings. The number of aryl methyl sites for hydroxylation is 1. The molecule has 0 aliphatic heterocycles. The smallest absolute Gasteiger partial charge is 0.170 e. The standard InChI is InChI=1S/C15H23N2/c1-2-3-4-5-6-7-8-11-17-12-9-15(14-16)10-13-17/h9-10,12-13H,2-8,11H2,1H3/q+1. The molecule has 0 spiro atoms. The third-order valence-electron chi connectivity index (χ3n) is 3.04. The number of unbranched alkanes of at least 4 members (excludes halogenated alkanes) is 6. The summed E-state index contributed by atoms with van der Waals surface area (Å²) in [5, 5.41) is 8.69. The predicted octanol–water partition coefficient (Wildman–Crippen LogP) is 3.60. The van der Waals surface area contributed by atoms with Crippen LogP contribution in [-0.4, -0.2) is 0 Å². The lowest BCUT2D eigenvalue weighted by Crippen LogP contribution is -2.32. The van der Waals surface area contributed by atoms with Crippen LogP contribution < -0.4 is 4.57 Å². The predicted molar refractivity (Wildman–Crippen MR) is 69.3 cm³/mol. The summed E-state index contributed by atoms with van der Waals surface area (Å²) in [5.41, 5.74) is 0.737. The van der Waals surface area contributed by atoms with E-state index in [9.17, 15) is 0 Å². The van der Waals surface area contributed by atoms with Gasteiger partial charge in [0.25, 0.3) is 0 Å². The number of aromatic nitrogens is 1. The van der Waals surface area contributed by atoms with Gasteiger partial charge in [0.2, 0.25) is 0 Å². The third kappa shape index (κ3) is 6.06. The lowest BCUT2D eigenvalue weighted by Gasteiger charge is -1.99. The molecule has 0 aromatic carbocycles. The molecule has 0 unspecified atom stereocenters. The van der Waals surface area contributed by atoms with Gasteiger partial charge in [0.1, 0.15) is 6.54 Å². The Bertz CT molecular complexity index is 335. The van der Waals surface area contributed by atoms with E-state index in [2.05, 4.69) is 17.6 Å². The quantitative estimate of drug-likeness (QED) is 0.496. The van der Waals surface area contributed by atoms with Crippen LogP contribution in [0.3, 0.4) is 0 Å². The second-order valence-corrected chi connectivity index (χ2v) is 4.56. The topological polar surface area (TPSA) is 27.7 Å². The summed E-state index contributed by atoms with van der Waals surface area (Å²) in [6.45, 7) is 3.32. The summed E-state index contributed by atoms with van der Waals surface area (Å²) in [6.07, 6.45) is 13.4. The molecule has 92 valence electrons. The second kappa shape index (κ2) is 8.75. The average Bonchev–Trinajstić information content (AvgIpc) is 2.38. The van der Waals surface area contributed by atoms with Crippen LogP contribution in [-0.2, 0) is 6.54 Å². The zero-order valence-corrected chi connectivity index (χ0v) is 10.9. The van der Waals surface area contributed by atoms with E-state index in [1.54, 1.807) is 0 Å². The summed E-state index contributed by atoms with van der Waals surface area (Å²) in [4.78, 5) is 0. The molecule has 1 aromatic rings. The fourth-order valence-electron chi connectivity index (χ4n) is 1.93. The monoisotopic (exact) mass is 231 g/mol. The Hall–Kier alpha value is -1.36. The van der Waals surface area contributed by atoms with E-state index in [0.29, 0.717) is 0 Å². The minimum Gasteiger partial charge on any atom is -0.205 e. The number of nitriles is 1. The zero-order chi connectivity index (χ0) is 12.3. The highest BCUT2D eigenvalue weighted by Gasteiger charge is 2.00. The molecular weight excluding hydrogens is 208 g/mol. The normalized spacial score (nSPS) is 10.1. The zero-order valence-electron chi connectivity index (χ0n) is 10.9. The molecule has 0 radical (unpaired) electrons. The van der Waals surface area contributed by atoms with Crippen molar-refractivity contribution in [2.45, 2.75) is 58.4 Å². The van der Waals surface area contributed by atoms with Gasteiger partial charge in [-0.05, 0) is 6.42 Å². The summed E-state index contributed by atoms with van der Waals surface area (Å²) >= 11 is 0. The first-order valence-corrected chi connectivity index (χ1v) is 6.76. The first-order chi connectivity index (χ1) is 8.36. The van der Waals surface area contributed by atoms with Gasteiger partial charge >= 0.3 is 0 Å². The van der Waals surface area contributed by atoms with Crippen molar-refractivity contribution in [3.8, 4) is 6.07 Å². The Labute approximate surface area is 105 Å². The minimum absolute atomic E-state index is 0.737. The summed E-state index contributed by atoms with van der Waals surface area (Å²) in [7, 11) is 0. The Kier molecular flexibility index (Phi) is 7.06. The summed E-state index contributed by atoms with van der Waals surface area (Å²) < 4.78 is 2.16. The molecule has 1 rings (SSSR count). The molecule has 17 heavy (non-hydrogen) atoms. The van der Waals surface area contributed by atoms with Crippen LogP contribution >= 0.6 is 0 Å². The van der Waals surface area contributed by atoms with E-state index in [-0.39, 0.29) is 0 Å². The van der Waals surface area contributed by atoms with Gasteiger partial charge in [-0.2, -0.15) is 5.26 Å². The van der Waals surface area contributed by atoms with Gasteiger partial charge in [-0.1, -0.05) is 39.0 Å². The molecule has 2 heteroatoms. The van der Waals surface area contributed by atoms with E-state index in [0.717, 1.165) is 12.1 Å². The number of hydrogen-bond acceptors (Lipinski definition) is 1. The number of pyridine rings is 1. The minimum atomic E-state index is 0.737. The van der Waals surface area contributed by atoms with Crippen LogP contribution in [0.2, 0.25) is 0 Å². The lowest BCUT2D eigenvalue weighted by atomic mass is 10.1. The Morgan fingerprint density at radius 3 is 2.18 bits per heavy atom. The maximum absolute atomic E-state index is 8.69. The highest BCUT2D eigenvalue weighted by Crippen LogP contribution is 2.06. The lowest BCUT2D eigenvalue weighted by molar-refractivity contribution is -0.697. The summed E-state index contributed by atoms with van der Waals surface area (Å²) in [5.74, 6) is 0. The van der Waals surface area contributed by atoms with Crippen LogP contribution in [0, 0.1) is 11.3 Å². The van der Waals surface area contributed by atoms with Crippen molar-refractivity contribution in [1.29, 1.82) is 5.26 Å². The van der Waals surface area contributed by atoms with Gasteiger partial charge in [0.05, 0.1) is 11.6 Å². The maximum Gasteiger partial charge on any atom is 0.170 e. The van der Waals surface area contributed by atoms with Gasteiger partial charge < -0.3 is 0 Å². The maximum atomic E-state index is 8.69.